The number of anilines is 1. The van der Waals surface area contributed by atoms with Crippen LogP contribution in [0.15, 0.2) is 24.5 Å². The van der Waals surface area contributed by atoms with Crippen LogP contribution in [0.1, 0.15) is 55.3 Å². The number of rotatable bonds is 4. The van der Waals surface area contributed by atoms with Crippen molar-refractivity contribution in [2.75, 3.05) is 24.5 Å². The van der Waals surface area contributed by atoms with E-state index in [2.05, 4.69) is 34.8 Å². The fourth-order valence-corrected chi connectivity index (χ4v) is 4.95. The predicted molar refractivity (Wildman–Crippen MR) is 114 cm³/mol. The van der Waals surface area contributed by atoms with Crippen molar-refractivity contribution >= 4 is 11.7 Å². The quantitative estimate of drug-likeness (QED) is 0.796. The molecule has 0 aromatic carbocycles. The average Bonchev–Trinajstić information content (AvgIpc) is 2.72. The molecule has 4 heterocycles. The van der Waals surface area contributed by atoms with Gasteiger partial charge in [0.25, 0.3) is 0 Å². The number of hydrogen-bond donors (Lipinski definition) is 0. The minimum atomic E-state index is 0.232. The lowest BCUT2D eigenvalue weighted by molar-refractivity contribution is -0.139. The standard InChI is InChI=1S/C23H31N5O/c1-4-20-17(2)25-18(3)26-22(20)27-12-9-23(10-13-27)8-7-21(29)28(16-23)15-19-6-5-11-24-14-19/h5-6,11,14H,4,7-10,12-13,15-16H2,1-3H3. The fourth-order valence-electron chi connectivity index (χ4n) is 4.95. The number of aryl methyl sites for hydroxylation is 2. The molecular weight excluding hydrogens is 362 g/mol. The lowest BCUT2D eigenvalue weighted by Gasteiger charge is -2.48. The first-order valence-corrected chi connectivity index (χ1v) is 10.8. The van der Waals surface area contributed by atoms with Gasteiger partial charge in [-0.05, 0) is 56.6 Å². The highest BCUT2D eigenvalue weighted by Crippen LogP contribution is 2.41. The van der Waals surface area contributed by atoms with Crippen LogP contribution in [0.3, 0.4) is 0 Å². The Bertz CT molecular complexity index is 874. The van der Waals surface area contributed by atoms with Gasteiger partial charge in [0, 0.05) is 56.3 Å². The fraction of sp³-hybridized carbons (Fsp3) is 0.565. The molecule has 0 radical (unpaired) electrons. The normalized spacial score (nSPS) is 19.1. The molecule has 1 amide bonds. The molecule has 154 valence electrons. The number of hydrogen-bond acceptors (Lipinski definition) is 5. The molecule has 2 aliphatic heterocycles. The number of carbonyl (C=O) groups is 1. The predicted octanol–water partition coefficient (Wildman–Crippen LogP) is 3.46. The second kappa shape index (κ2) is 8.09. The van der Waals surface area contributed by atoms with Crippen molar-refractivity contribution < 1.29 is 4.79 Å². The first-order chi connectivity index (χ1) is 14.0. The van der Waals surface area contributed by atoms with Gasteiger partial charge in [-0.3, -0.25) is 9.78 Å². The monoisotopic (exact) mass is 393 g/mol. The number of carbonyl (C=O) groups excluding carboxylic acids is 1. The maximum absolute atomic E-state index is 12.5. The van der Waals surface area contributed by atoms with Crippen LogP contribution in [0, 0.1) is 19.3 Å². The van der Waals surface area contributed by atoms with E-state index in [0.29, 0.717) is 13.0 Å². The van der Waals surface area contributed by atoms with Gasteiger partial charge in [0.15, 0.2) is 0 Å². The van der Waals surface area contributed by atoms with Crippen LogP contribution in [0.25, 0.3) is 0 Å². The molecule has 2 aliphatic rings. The molecule has 0 aliphatic carbocycles. The van der Waals surface area contributed by atoms with Crippen molar-refractivity contribution in [2.45, 2.75) is 59.4 Å². The molecular formula is C23H31N5O. The van der Waals surface area contributed by atoms with Gasteiger partial charge in [-0.25, -0.2) is 9.97 Å². The molecule has 4 rings (SSSR count). The van der Waals surface area contributed by atoms with Gasteiger partial charge in [-0.2, -0.15) is 0 Å². The van der Waals surface area contributed by atoms with Crippen molar-refractivity contribution in [1.29, 1.82) is 0 Å². The summed E-state index contributed by atoms with van der Waals surface area (Å²) in [4.78, 5) is 30.6. The third-order valence-electron chi connectivity index (χ3n) is 6.63. The van der Waals surface area contributed by atoms with Gasteiger partial charge in [-0.1, -0.05) is 13.0 Å². The summed E-state index contributed by atoms with van der Waals surface area (Å²) >= 11 is 0. The molecule has 0 N–H and O–H groups in total. The molecule has 0 unspecified atom stereocenters. The smallest absolute Gasteiger partial charge is 0.222 e. The van der Waals surface area contributed by atoms with Gasteiger partial charge >= 0.3 is 0 Å². The molecule has 2 saturated heterocycles. The molecule has 29 heavy (non-hydrogen) atoms. The average molecular weight is 394 g/mol. The van der Waals surface area contributed by atoms with E-state index in [1.807, 2.05) is 24.1 Å². The summed E-state index contributed by atoms with van der Waals surface area (Å²) in [5.74, 6) is 2.24. The summed E-state index contributed by atoms with van der Waals surface area (Å²) in [5.41, 5.74) is 3.70. The van der Waals surface area contributed by atoms with Crippen LogP contribution < -0.4 is 4.90 Å². The molecule has 1 spiro atoms. The van der Waals surface area contributed by atoms with Crippen molar-refractivity contribution in [2.24, 2.45) is 5.41 Å². The summed E-state index contributed by atoms with van der Waals surface area (Å²) in [6.45, 7) is 9.77. The van der Waals surface area contributed by atoms with Crippen molar-refractivity contribution in [3.8, 4) is 0 Å². The Kier molecular flexibility index (Phi) is 5.52. The Morgan fingerprint density at radius 2 is 1.93 bits per heavy atom. The number of amides is 1. The van der Waals surface area contributed by atoms with E-state index >= 15 is 0 Å². The van der Waals surface area contributed by atoms with E-state index in [4.69, 9.17) is 4.98 Å². The lowest BCUT2D eigenvalue weighted by atomic mass is 9.72. The van der Waals surface area contributed by atoms with Gasteiger partial charge in [-0.15, -0.1) is 0 Å². The highest BCUT2D eigenvalue weighted by molar-refractivity contribution is 5.77. The molecule has 6 nitrogen and oxygen atoms in total. The summed E-state index contributed by atoms with van der Waals surface area (Å²) in [6.07, 6.45) is 8.47. The molecule has 2 aromatic rings. The minimum Gasteiger partial charge on any atom is -0.356 e. The lowest BCUT2D eigenvalue weighted by Crippen LogP contribution is -2.51. The van der Waals surface area contributed by atoms with Crippen LogP contribution in [0.5, 0.6) is 0 Å². The SMILES string of the molecule is CCc1c(C)nc(C)nc1N1CCC2(CCC(=O)N(Cc3cccnc3)C2)CC1. The Balaban J connectivity index is 1.46. The van der Waals surface area contributed by atoms with Crippen molar-refractivity contribution in [1.82, 2.24) is 19.9 Å². The van der Waals surface area contributed by atoms with E-state index in [9.17, 15) is 4.79 Å². The van der Waals surface area contributed by atoms with Crippen LogP contribution in [-0.4, -0.2) is 45.4 Å². The van der Waals surface area contributed by atoms with Crippen LogP contribution in [-0.2, 0) is 17.8 Å². The molecule has 0 atom stereocenters. The summed E-state index contributed by atoms with van der Waals surface area (Å²) in [5, 5.41) is 0. The van der Waals surface area contributed by atoms with Crippen LogP contribution >= 0.6 is 0 Å². The Labute approximate surface area is 173 Å². The Hall–Kier alpha value is -2.50. The number of piperidine rings is 2. The third kappa shape index (κ3) is 4.11. The first kappa shape index (κ1) is 19.8. The Morgan fingerprint density at radius 3 is 2.62 bits per heavy atom. The van der Waals surface area contributed by atoms with Gasteiger partial charge in [0.2, 0.25) is 5.91 Å². The first-order valence-electron chi connectivity index (χ1n) is 10.8. The van der Waals surface area contributed by atoms with Gasteiger partial charge in [0.05, 0.1) is 0 Å². The van der Waals surface area contributed by atoms with E-state index in [1.54, 1.807) is 6.20 Å². The number of pyridine rings is 1. The van der Waals surface area contributed by atoms with Crippen LogP contribution in [0.2, 0.25) is 0 Å². The molecule has 6 heteroatoms. The van der Waals surface area contributed by atoms with E-state index < -0.39 is 0 Å². The number of aromatic nitrogens is 3. The van der Waals surface area contributed by atoms with E-state index in [1.165, 1.54) is 5.56 Å². The zero-order valence-corrected chi connectivity index (χ0v) is 17.8. The topological polar surface area (TPSA) is 62.2 Å². The third-order valence-corrected chi connectivity index (χ3v) is 6.63. The zero-order chi connectivity index (χ0) is 20.4. The number of nitrogens with zero attached hydrogens (tertiary/aromatic N) is 5. The Morgan fingerprint density at radius 1 is 1.14 bits per heavy atom. The maximum atomic E-state index is 12.5. The minimum absolute atomic E-state index is 0.232. The van der Waals surface area contributed by atoms with Crippen LogP contribution in [0.4, 0.5) is 5.82 Å². The van der Waals surface area contributed by atoms with Gasteiger partial charge in [0.1, 0.15) is 11.6 Å². The second-order valence-corrected chi connectivity index (χ2v) is 8.61. The maximum Gasteiger partial charge on any atom is 0.222 e. The van der Waals surface area contributed by atoms with E-state index in [0.717, 1.165) is 68.2 Å². The molecule has 0 saturated carbocycles. The van der Waals surface area contributed by atoms with Crippen molar-refractivity contribution in [3.63, 3.8) is 0 Å². The molecule has 0 bridgehead atoms. The zero-order valence-electron chi connectivity index (χ0n) is 17.8. The highest BCUT2D eigenvalue weighted by Gasteiger charge is 2.41. The summed E-state index contributed by atoms with van der Waals surface area (Å²) < 4.78 is 0. The summed E-state index contributed by atoms with van der Waals surface area (Å²) in [6, 6.07) is 3.99. The molecule has 2 fully saturated rings. The van der Waals surface area contributed by atoms with Gasteiger partial charge < -0.3 is 9.80 Å². The van der Waals surface area contributed by atoms with E-state index in [-0.39, 0.29) is 11.3 Å². The highest BCUT2D eigenvalue weighted by atomic mass is 16.2. The number of likely N-dealkylation sites (tertiary alicyclic amines) is 1. The van der Waals surface area contributed by atoms with Crippen molar-refractivity contribution in [3.05, 3.63) is 47.2 Å². The largest absolute Gasteiger partial charge is 0.356 e. The second-order valence-electron chi connectivity index (χ2n) is 8.61. The summed E-state index contributed by atoms with van der Waals surface area (Å²) in [7, 11) is 0. The molecule has 2 aromatic heterocycles.